The van der Waals surface area contributed by atoms with Gasteiger partial charge in [0, 0.05) is 25.5 Å². The third kappa shape index (κ3) is 2.66. The number of carbonyl (C=O) groups is 2. The normalized spacial score (nSPS) is 25.7. The highest BCUT2D eigenvalue weighted by Crippen LogP contribution is 2.44. The molecular formula is C15H18N2O3. The zero-order valence-corrected chi connectivity index (χ0v) is 11.2. The van der Waals surface area contributed by atoms with Crippen molar-refractivity contribution in [3.8, 4) is 0 Å². The van der Waals surface area contributed by atoms with Crippen molar-refractivity contribution in [1.29, 1.82) is 0 Å². The molecule has 5 heteroatoms. The summed E-state index contributed by atoms with van der Waals surface area (Å²) in [5.41, 5.74) is 0.874. The van der Waals surface area contributed by atoms with Crippen LogP contribution in [0.2, 0.25) is 0 Å². The predicted octanol–water partition coefficient (Wildman–Crippen LogP) is 1.19. The summed E-state index contributed by atoms with van der Waals surface area (Å²) in [4.78, 5) is 29.3. The van der Waals surface area contributed by atoms with E-state index in [1.807, 2.05) is 6.07 Å². The van der Waals surface area contributed by atoms with Gasteiger partial charge in [0.05, 0.1) is 12.3 Å². The molecule has 0 spiro atoms. The zero-order chi connectivity index (χ0) is 14.1. The van der Waals surface area contributed by atoms with Crippen molar-refractivity contribution in [2.75, 3.05) is 13.1 Å². The first-order chi connectivity index (χ1) is 9.65. The molecule has 0 bridgehead atoms. The number of nitrogens with zero attached hydrogens (tertiary/aromatic N) is 2. The average molecular weight is 274 g/mol. The highest BCUT2D eigenvalue weighted by molar-refractivity contribution is 5.80. The molecule has 1 saturated heterocycles. The van der Waals surface area contributed by atoms with E-state index in [1.54, 1.807) is 23.4 Å². The summed E-state index contributed by atoms with van der Waals surface area (Å²) >= 11 is 0. The molecule has 1 aromatic rings. The summed E-state index contributed by atoms with van der Waals surface area (Å²) in [6, 6.07) is 3.67. The first-order valence-corrected chi connectivity index (χ1v) is 7.04. The molecule has 20 heavy (non-hydrogen) atoms. The SMILES string of the molecule is O=C(O)[C@@H]1CN(C(=O)Cc2cccnc2)C[C@H]1C1CC1. The van der Waals surface area contributed by atoms with Crippen molar-refractivity contribution >= 4 is 11.9 Å². The number of hydrogen-bond acceptors (Lipinski definition) is 3. The third-order valence-corrected chi connectivity index (χ3v) is 4.34. The van der Waals surface area contributed by atoms with Gasteiger partial charge in [-0.1, -0.05) is 6.07 Å². The van der Waals surface area contributed by atoms with E-state index in [-0.39, 0.29) is 17.7 Å². The van der Waals surface area contributed by atoms with Crippen LogP contribution in [0.1, 0.15) is 18.4 Å². The van der Waals surface area contributed by atoms with E-state index in [1.165, 1.54) is 0 Å². The standard InChI is InChI=1S/C15H18N2O3/c18-14(6-10-2-1-5-16-7-10)17-8-12(11-3-4-11)13(9-17)15(19)20/h1-2,5,7,11-13H,3-4,6,8-9H2,(H,19,20)/t12-,13+/m0/s1. The summed E-state index contributed by atoms with van der Waals surface area (Å²) in [5, 5.41) is 9.30. The summed E-state index contributed by atoms with van der Waals surface area (Å²) in [6.45, 7) is 0.955. The van der Waals surface area contributed by atoms with Gasteiger partial charge in [-0.2, -0.15) is 0 Å². The Morgan fingerprint density at radius 1 is 1.35 bits per heavy atom. The van der Waals surface area contributed by atoms with Gasteiger partial charge in [0.25, 0.3) is 0 Å². The molecule has 0 unspecified atom stereocenters. The van der Waals surface area contributed by atoms with Gasteiger partial charge in [0.2, 0.25) is 5.91 Å². The minimum Gasteiger partial charge on any atom is -0.481 e. The van der Waals surface area contributed by atoms with Crippen LogP contribution >= 0.6 is 0 Å². The largest absolute Gasteiger partial charge is 0.481 e. The van der Waals surface area contributed by atoms with Gasteiger partial charge in [-0.15, -0.1) is 0 Å². The Balaban J connectivity index is 1.65. The lowest BCUT2D eigenvalue weighted by Crippen LogP contribution is -2.31. The number of carbonyl (C=O) groups excluding carboxylic acids is 1. The van der Waals surface area contributed by atoms with Gasteiger partial charge in [-0.3, -0.25) is 14.6 Å². The van der Waals surface area contributed by atoms with E-state index in [9.17, 15) is 14.7 Å². The van der Waals surface area contributed by atoms with Crippen LogP contribution in [0.5, 0.6) is 0 Å². The number of aromatic nitrogens is 1. The van der Waals surface area contributed by atoms with Gasteiger partial charge in [0.15, 0.2) is 0 Å². The fourth-order valence-corrected chi connectivity index (χ4v) is 3.09. The Kier molecular flexibility index (Phi) is 3.42. The topological polar surface area (TPSA) is 70.5 Å². The lowest BCUT2D eigenvalue weighted by Gasteiger charge is -2.16. The zero-order valence-electron chi connectivity index (χ0n) is 11.2. The molecule has 2 fully saturated rings. The van der Waals surface area contributed by atoms with Crippen LogP contribution in [-0.4, -0.2) is 40.0 Å². The maximum Gasteiger partial charge on any atom is 0.308 e. The van der Waals surface area contributed by atoms with Crippen molar-refractivity contribution in [1.82, 2.24) is 9.88 Å². The molecule has 5 nitrogen and oxygen atoms in total. The monoisotopic (exact) mass is 274 g/mol. The molecule has 1 aromatic heterocycles. The van der Waals surface area contributed by atoms with E-state index in [4.69, 9.17) is 0 Å². The van der Waals surface area contributed by atoms with Crippen molar-refractivity contribution in [3.63, 3.8) is 0 Å². The van der Waals surface area contributed by atoms with Crippen molar-refractivity contribution in [2.45, 2.75) is 19.3 Å². The molecule has 1 amide bonds. The molecule has 2 heterocycles. The maximum absolute atomic E-state index is 12.3. The van der Waals surface area contributed by atoms with Gasteiger partial charge >= 0.3 is 5.97 Å². The van der Waals surface area contributed by atoms with Gasteiger partial charge in [-0.25, -0.2) is 0 Å². The van der Waals surface area contributed by atoms with Crippen LogP contribution in [0.4, 0.5) is 0 Å². The minimum absolute atomic E-state index is 0.00685. The molecule has 1 aliphatic heterocycles. The molecule has 0 radical (unpaired) electrons. The van der Waals surface area contributed by atoms with Crippen molar-refractivity contribution in [3.05, 3.63) is 30.1 Å². The van der Waals surface area contributed by atoms with Gasteiger partial charge < -0.3 is 10.0 Å². The number of likely N-dealkylation sites (tertiary alicyclic amines) is 1. The van der Waals surface area contributed by atoms with Gasteiger partial charge in [-0.05, 0) is 36.3 Å². The number of pyridine rings is 1. The summed E-state index contributed by atoms with van der Waals surface area (Å²) in [6.07, 6.45) is 5.88. The van der Waals surface area contributed by atoms with Crippen molar-refractivity contribution in [2.24, 2.45) is 17.8 Å². The minimum atomic E-state index is -0.765. The van der Waals surface area contributed by atoms with Crippen LogP contribution in [0.25, 0.3) is 0 Å². The number of rotatable bonds is 4. The Hall–Kier alpha value is -1.91. The molecule has 1 aliphatic carbocycles. The Morgan fingerprint density at radius 3 is 2.75 bits per heavy atom. The second kappa shape index (κ2) is 5.23. The molecular weight excluding hydrogens is 256 g/mol. The van der Waals surface area contributed by atoms with Crippen molar-refractivity contribution < 1.29 is 14.7 Å². The highest BCUT2D eigenvalue weighted by Gasteiger charge is 2.46. The molecule has 2 atom stereocenters. The number of amides is 1. The van der Waals surface area contributed by atoms with E-state index in [0.717, 1.165) is 18.4 Å². The molecule has 3 rings (SSSR count). The summed E-state index contributed by atoms with van der Waals surface area (Å²) in [5.74, 6) is -0.496. The first kappa shape index (κ1) is 13.1. The van der Waals surface area contributed by atoms with E-state index in [2.05, 4.69) is 4.98 Å². The second-order valence-electron chi connectivity index (χ2n) is 5.78. The Bertz CT molecular complexity index is 513. The number of carboxylic acid groups (broad SMARTS) is 1. The third-order valence-electron chi connectivity index (χ3n) is 4.34. The van der Waals surface area contributed by atoms with Crippen LogP contribution in [0, 0.1) is 17.8 Å². The summed E-state index contributed by atoms with van der Waals surface area (Å²) < 4.78 is 0. The highest BCUT2D eigenvalue weighted by atomic mass is 16.4. The molecule has 1 N–H and O–H groups in total. The molecule has 1 saturated carbocycles. The van der Waals surface area contributed by atoms with Crippen LogP contribution < -0.4 is 0 Å². The Labute approximate surface area is 117 Å². The Morgan fingerprint density at radius 2 is 2.15 bits per heavy atom. The van der Waals surface area contributed by atoms with E-state index < -0.39 is 5.97 Å². The second-order valence-corrected chi connectivity index (χ2v) is 5.78. The molecule has 2 aliphatic rings. The lowest BCUT2D eigenvalue weighted by molar-refractivity contribution is -0.142. The number of hydrogen-bond donors (Lipinski definition) is 1. The van der Waals surface area contributed by atoms with E-state index >= 15 is 0 Å². The molecule has 0 aromatic carbocycles. The maximum atomic E-state index is 12.3. The number of carboxylic acids is 1. The average Bonchev–Trinajstić information content (AvgIpc) is 3.18. The van der Waals surface area contributed by atoms with Crippen LogP contribution in [-0.2, 0) is 16.0 Å². The van der Waals surface area contributed by atoms with Gasteiger partial charge in [0.1, 0.15) is 0 Å². The first-order valence-electron chi connectivity index (χ1n) is 7.04. The number of aliphatic carboxylic acids is 1. The predicted molar refractivity (Wildman–Crippen MR) is 71.9 cm³/mol. The molecule has 106 valence electrons. The fourth-order valence-electron chi connectivity index (χ4n) is 3.09. The summed E-state index contributed by atoms with van der Waals surface area (Å²) in [7, 11) is 0. The quantitative estimate of drug-likeness (QED) is 0.895. The lowest BCUT2D eigenvalue weighted by atomic mass is 9.92. The fraction of sp³-hybridized carbons (Fsp3) is 0.533. The smallest absolute Gasteiger partial charge is 0.308 e. The van der Waals surface area contributed by atoms with E-state index in [0.29, 0.717) is 25.4 Å². The van der Waals surface area contributed by atoms with Crippen LogP contribution in [0.3, 0.4) is 0 Å². The van der Waals surface area contributed by atoms with Crippen LogP contribution in [0.15, 0.2) is 24.5 Å².